The molecule has 0 unspecified atom stereocenters. The number of aromatic amines is 1. The van der Waals surface area contributed by atoms with Crippen molar-refractivity contribution in [3.8, 4) is 11.8 Å². The third-order valence-corrected chi connectivity index (χ3v) is 5.31. The van der Waals surface area contributed by atoms with Crippen LogP contribution in [0.5, 0.6) is 0 Å². The largest absolute Gasteiger partial charge is 0.462 e. The zero-order valence-corrected chi connectivity index (χ0v) is 18.0. The molecule has 0 spiro atoms. The van der Waals surface area contributed by atoms with Gasteiger partial charge in [0.15, 0.2) is 0 Å². The molecule has 4 rings (SSSR count). The molecule has 0 saturated carbocycles. The molecule has 1 fully saturated rings. The highest BCUT2D eigenvalue weighted by Crippen LogP contribution is 2.37. The van der Waals surface area contributed by atoms with E-state index in [1.54, 1.807) is 26.1 Å². The highest BCUT2D eigenvalue weighted by molar-refractivity contribution is 6.35. The summed E-state index contributed by atoms with van der Waals surface area (Å²) in [6.07, 6.45) is 5.12. The Morgan fingerprint density at radius 1 is 1.39 bits per heavy atom. The Morgan fingerprint density at radius 2 is 2.19 bits per heavy atom. The first-order valence-corrected chi connectivity index (χ1v) is 9.95. The standard InChI is InChI=1S/C23H22FN3O3.ClH/c1-3-30-23(29)17-12-26-20(13(17)2)11-16-21-15(7-6-14-5-4-10-25-14)18(24)8-9-19(21)27-22(16)28;/h8-9,11-12,14,25-26H,3-5,10H2,1-2H3,(H,27,28);1H/b16-11-;/t14-;/m0./s1. The molecule has 2 aliphatic rings. The van der Waals surface area contributed by atoms with Crippen molar-refractivity contribution in [2.75, 3.05) is 18.5 Å². The van der Waals surface area contributed by atoms with Crippen LogP contribution >= 0.6 is 12.4 Å². The van der Waals surface area contributed by atoms with Crippen molar-refractivity contribution in [2.45, 2.75) is 32.7 Å². The number of rotatable bonds is 3. The van der Waals surface area contributed by atoms with Crippen LogP contribution in [0.1, 0.15) is 52.5 Å². The number of amides is 1. The molecule has 2 aromatic rings. The number of benzene rings is 1. The lowest BCUT2D eigenvalue weighted by atomic mass is 9.98. The monoisotopic (exact) mass is 443 g/mol. The van der Waals surface area contributed by atoms with Crippen molar-refractivity contribution in [1.29, 1.82) is 0 Å². The number of anilines is 1. The number of nitrogens with one attached hydrogen (secondary N) is 3. The SMILES string of the molecule is CCOC(=O)c1c[nH]c(/C=C2\C(=O)Nc3ccc(F)c(C#C[C@@H]4CCCN4)c32)c1C.Cl. The summed E-state index contributed by atoms with van der Waals surface area (Å²) in [7, 11) is 0. The van der Waals surface area contributed by atoms with Gasteiger partial charge < -0.3 is 20.4 Å². The molecule has 2 aliphatic heterocycles. The van der Waals surface area contributed by atoms with Crippen LogP contribution in [-0.2, 0) is 9.53 Å². The first kappa shape index (κ1) is 22.6. The highest BCUT2D eigenvalue weighted by atomic mass is 35.5. The molecule has 3 heterocycles. The van der Waals surface area contributed by atoms with E-state index in [9.17, 15) is 14.0 Å². The van der Waals surface area contributed by atoms with Crippen molar-refractivity contribution in [3.63, 3.8) is 0 Å². The summed E-state index contributed by atoms with van der Waals surface area (Å²) < 4.78 is 19.7. The Hall–Kier alpha value is -3.08. The van der Waals surface area contributed by atoms with Gasteiger partial charge in [0.1, 0.15) is 5.82 Å². The second kappa shape index (κ2) is 9.38. The summed E-state index contributed by atoms with van der Waals surface area (Å²) in [5.74, 6) is 4.76. The van der Waals surface area contributed by atoms with Crippen LogP contribution in [0, 0.1) is 24.6 Å². The van der Waals surface area contributed by atoms with Gasteiger partial charge in [-0.05, 0) is 57.0 Å². The molecule has 1 aromatic carbocycles. The van der Waals surface area contributed by atoms with Crippen LogP contribution in [-0.4, -0.2) is 36.1 Å². The summed E-state index contributed by atoms with van der Waals surface area (Å²) >= 11 is 0. The fraction of sp³-hybridized carbons (Fsp3) is 0.304. The lowest BCUT2D eigenvalue weighted by molar-refractivity contribution is -0.110. The van der Waals surface area contributed by atoms with Gasteiger partial charge in [0.25, 0.3) is 5.91 Å². The first-order chi connectivity index (χ1) is 14.5. The fourth-order valence-electron chi connectivity index (χ4n) is 3.72. The average molecular weight is 444 g/mol. The number of carbonyl (C=O) groups is 2. The van der Waals surface area contributed by atoms with E-state index in [1.165, 1.54) is 12.1 Å². The van der Waals surface area contributed by atoms with E-state index in [0.717, 1.165) is 19.4 Å². The van der Waals surface area contributed by atoms with Crippen LogP contribution < -0.4 is 10.6 Å². The lowest BCUT2D eigenvalue weighted by Crippen LogP contribution is -2.18. The summed E-state index contributed by atoms with van der Waals surface area (Å²) in [6, 6.07) is 2.87. The molecule has 8 heteroatoms. The van der Waals surface area contributed by atoms with Crippen molar-refractivity contribution in [1.82, 2.24) is 10.3 Å². The predicted molar refractivity (Wildman–Crippen MR) is 120 cm³/mol. The number of ether oxygens (including phenoxy) is 1. The summed E-state index contributed by atoms with van der Waals surface area (Å²) in [6.45, 7) is 4.67. The van der Waals surface area contributed by atoms with Crippen LogP contribution in [0.3, 0.4) is 0 Å². The number of H-pyrrole nitrogens is 1. The minimum atomic E-state index is -0.475. The average Bonchev–Trinajstić information content (AvgIpc) is 3.43. The van der Waals surface area contributed by atoms with Crippen LogP contribution in [0.15, 0.2) is 18.3 Å². The first-order valence-electron chi connectivity index (χ1n) is 9.95. The Balaban J connectivity index is 0.00000272. The van der Waals surface area contributed by atoms with Crippen molar-refractivity contribution in [3.05, 3.63) is 52.1 Å². The van der Waals surface area contributed by atoms with Crippen molar-refractivity contribution >= 4 is 41.6 Å². The van der Waals surface area contributed by atoms with E-state index < -0.39 is 11.8 Å². The predicted octanol–water partition coefficient (Wildman–Crippen LogP) is 3.66. The molecule has 31 heavy (non-hydrogen) atoms. The maximum Gasteiger partial charge on any atom is 0.339 e. The van der Waals surface area contributed by atoms with E-state index in [2.05, 4.69) is 27.5 Å². The summed E-state index contributed by atoms with van der Waals surface area (Å²) in [4.78, 5) is 27.7. The number of fused-ring (bicyclic) bond motifs is 1. The van der Waals surface area contributed by atoms with Gasteiger partial charge in [-0.15, -0.1) is 12.4 Å². The van der Waals surface area contributed by atoms with Gasteiger partial charge in [-0.1, -0.05) is 11.8 Å². The van der Waals surface area contributed by atoms with Crippen LogP contribution in [0.2, 0.25) is 0 Å². The molecule has 1 atom stereocenters. The molecule has 0 bridgehead atoms. The van der Waals surface area contributed by atoms with Crippen molar-refractivity contribution in [2.24, 2.45) is 0 Å². The quantitative estimate of drug-likeness (QED) is 0.384. The van der Waals surface area contributed by atoms with Crippen LogP contribution in [0.4, 0.5) is 10.1 Å². The summed E-state index contributed by atoms with van der Waals surface area (Å²) in [5, 5.41) is 6.03. The van der Waals surface area contributed by atoms with E-state index in [1.807, 2.05) is 0 Å². The second-order valence-electron chi connectivity index (χ2n) is 7.24. The van der Waals surface area contributed by atoms with Gasteiger partial charge in [0.05, 0.1) is 35.0 Å². The molecule has 3 N–H and O–H groups in total. The topological polar surface area (TPSA) is 83.2 Å². The molecular weight excluding hydrogens is 421 g/mol. The Morgan fingerprint density at radius 3 is 2.90 bits per heavy atom. The van der Waals surface area contributed by atoms with Gasteiger partial charge in [0, 0.05) is 17.5 Å². The van der Waals surface area contributed by atoms with Crippen molar-refractivity contribution < 1.29 is 18.7 Å². The number of halogens is 2. The maximum atomic E-state index is 14.7. The highest BCUT2D eigenvalue weighted by Gasteiger charge is 2.29. The third kappa shape index (κ3) is 4.36. The molecule has 0 aliphatic carbocycles. The zero-order chi connectivity index (χ0) is 21.3. The molecule has 1 amide bonds. The van der Waals surface area contributed by atoms with Gasteiger partial charge in [-0.25, -0.2) is 9.18 Å². The number of carbonyl (C=O) groups excluding carboxylic acids is 2. The maximum absolute atomic E-state index is 14.7. The zero-order valence-electron chi connectivity index (χ0n) is 17.2. The molecule has 1 saturated heterocycles. The van der Waals surface area contributed by atoms with E-state index in [-0.39, 0.29) is 36.5 Å². The number of aromatic nitrogens is 1. The molecule has 162 valence electrons. The molecular formula is C23H23ClFN3O3. The minimum Gasteiger partial charge on any atom is -0.462 e. The van der Waals surface area contributed by atoms with E-state index in [4.69, 9.17) is 4.74 Å². The minimum absolute atomic E-state index is 0. The summed E-state index contributed by atoms with van der Waals surface area (Å²) in [5.41, 5.74) is 3.09. The Labute approximate surface area is 186 Å². The Bertz CT molecular complexity index is 1120. The van der Waals surface area contributed by atoms with Gasteiger partial charge >= 0.3 is 5.97 Å². The van der Waals surface area contributed by atoms with Crippen LogP contribution in [0.25, 0.3) is 11.6 Å². The van der Waals surface area contributed by atoms with Gasteiger partial charge in [0.2, 0.25) is 0 Å². The van der Waals surface area contributed by atoms with E-state index >= 15 is 0 Å². The van der Waals surface area contributed by atoms with E-state index in [0.29, 0.717) is 33.6 Å². The lowest BCUT2D eigenvalue weighted by Gasteiger charge is -2.05. The Kier molecular flexibility index (Phi) is 6.84. The normalized spacial score (nSPS) is 18.1. The van der Waals surface area contributed by atoms with Gasteiger partial charge in [-0.3, -0.25) is 4.79 Å². The number of hydrogen-bond donors (Lipinski definition) is 3. The molecule has 6 nitrogen and oxygen atoms in total. The fourth-order valence-corrected chi connectivity index (χ4v) is 3.72. The smallest absolute Gasteiger partial charge is 0.339 e. The van der Waals surface area contributed by atoms with Gasteiger partial charge in [-0.2, -0.15) is 0 Å². The molecule has 0 radical (unpaired) electrons. The molecule has 1 aromatic heterocycles. The number of hydrogen-bond acceptors (Lipinski definition) is 4. The second-order valence-corrected chi connectivity index (χ2v) is 7.24. The third-order valence-electron chi connectivity index (χ3n) is 5.31. The number of esters is 1.